The number of benzene rings is 1. The van der Waals surface area contributed by atoms with Crippen LogP contribution in [-0.2, 0) is 15.8 Å². The predicted octanol–water partition coefficient (Wildman–Crippen LogP) is 1.44. The molecule has 0 saturated heterocycles. The zero-order valence-corrected chi connectivity index (χ0v) is 8.69. The molecule has 0 bridgehead atoms. The Kier molecular flexibility index (Phi) is 2.95. The van der Waals surface area contributed by atoms with E-state index in [0.29, 0.717) is 10.6 Å². The minimum absolute atomic E-state index is 0.216. The van der Waals surface area contributed by atoms with Gasteiger partial charge in [0.25, 0.3) is 0 Å². The van der Waals surface area contributed by atoms with Gasteiger partial charge in [0.2, 0.25) is 10.0 Å². The summed E-state index contributed by atoms with van der Waals surface area (Å²) in [5.41, 5.74) is 1.53. The third kappa shape index (κ3) is 3.34. The molecule has 1 aromatic carbocycles. The SMILES string of the molecule is Cc1ccc(CS(N)(=O)=O)c(Cl)c1. The number of sulfonamides is 1. The Bertz CT molecular complexity index is 414. The molecule has 3 nitrogen and oxygen atoms in total. The maximum Gasteiger partial charge on any atom is 0.213 e. The van der Waals surface area contributed by atoms with Gasteiger partial charge in [-0.1, -0.05) is 23.7 Å². The molecule has 0 spiro atoms. The number of aryl methyl sites for hydroxylation is 1. The highest BCUT2D eigenvalue weighted by Crippen LogP contribution is 2.18. The zero-order valence-electron chi connectivity index (χ0n) is 7.12. The lowest BCUT2D eigenvalue weighted by Gasteiger charge is -2.02. The highest BCUT2D eigenvalue weighted by molar-refractivity contribution is 7.88. The molecule has 1 aromatic rings. The van der Waals surface area contributed by atoms with E-state index in [2.05, 4.69) is 0 Å². The van der Waals surface area contributed by atoms with E-state index >= 15 is 0 Å². The van der Waals surface area contributed by atoms with E-state index in [9.17, 15) is 8.42 Å². The minimum atomic E-state index is -3.50. The summed E-state index contributed by atoms with van der Waals surface area (Å²) in [6.45, 7) is 1.88. The first-order chi connectivity index (χ1) is 5.88. The molecular weight excluding hydrogens is 210 g/mol. The highest BCUT2D eigenvalue weighted by Gasteiger charge is 2.08. The van der Waals surface area contributed by atoms with E-state index in [1.54, 1.807) is 18.2 Å². The lowest BCUT2D eigenvalue weighted by atomic mass is 10.2. The molecular formula is C8H10ClNO2S. The number of hydrogen-bond donors (Lipinski definition) is 1. The average Bonchev–Trinajstić information content (AvgIpc) is 1.93. The van der Waals surface area contributed by atoms with E-state index in [1.165, 1.54) is 0 Å². The standard InChI is InChI=1S/C8H10ClNO2S/c1-6-2-3-7(8(9)4-6)5-13(10,11)12/h2-4H,5H2,1H3,(H2,10,11,12). The van der Waals surface area contributed by atoms with Gasteiger partial charge in [0, 0.05) is 5.02 Å². The van der Waals surface area contributed by atoms with Crippen molar-refractivity contribution in [2.75, 3.05) is 0 Å². The molecule has 0 aliphatic carbocycles. The van der Waals surface area contributed by atoms with Crippen molar-refractivity contribution in [1.29, 1.82) is 0 Å². The third-order valence-electron chi connectivity index (χ3n) is 1.57. The molecule has 0 unspecified atom stereocenters. The Balaban J connectivity index is 3.04. The quantitative estimate of drug-likeness (QED) is 0.818. The molecule has 0 aromatic heterocycles. The van der Waals surface area contributed by atoms with Gasteiger partial charge < -0.3 is 0 Å². The van der Waals surface area contributed by atoms with Crippen molar-refractivity contribution in [1.82, 2.24) is 0 Å². The second-order valence-corrected chi connectivity index (χ2v) is 4.92. The Hall–Kier alpha value is -0.580. The van der Waals surface area contributed by atoms with Crippen LogP contribution in [0.4, 0.5) is 0 Å². The fourth-order valence-electron chi connectivity index (χ4n) is 0.986. The second-order valence-electron chi connectivity index (χ2n) is 2.90. The summed E-state index contributed by atoms with van der Waals surface area (Å²) in [4.78, 5) is 0. The van der Waals surface area contributed by atoms with Gasteiger partial charge in [0.15, 0.2) is 0 Å². The fourth-order valence-corrected chi connectivity index (χ4v) is 2.05. The lowest BCUT2D eigenvalue weighted by Crippen LogP contribution is -2.14. The van der Waals surface area contributed by atoms with Crippen LogP contribution in [0.25, 0.3) is 0 Å². The van der Waals surface area contributed by atoms with Crippen molar-refractivity contribution >= 4 is 21.6 Å². The van der Waals surface area contributed by atoms with Crippen molar-refractivity contribution < 1.29 is 8.42 Å². The topological polar surface area (TPSA) is 60.2 Å². The van der Waals surface area contributed by atoms with Gasteiger partial charge in [-0.25, -0.2) is 13.6 Å². The minimum Gasteiger partial charge on any atom is -0.228 e. The molecule has 0 amide bonds. The fraction of sp³-hybridized carbons (Fsp3) is 0.250. The van der Waals surface area contributed by atoms with Crippen LogP contribution >= 0.6 is 11.6 Å². The highest BCUT2D eigenvalue weighted by atomic mass is 35.5. The van der Waals surface area contributed by atoms with Crippen molar-refractivity contribution in [3.05, 3.63) is 34.3 Å². The summed E-state index contributed by atoms with van der Waals surface area (Å²) in [6.07, 6.45) is 0. The van der Waals surface area contributed by atoms with E-state index in [1.807, 2.05) is 6.92 Å². The molecule has 0 aliphatic rings. The smallest absolute Gasteiger partial charge is 0.213 e. The Labute approximate surface area is 82.6 Å². The maximum atomic E-state index is 10.8. The Morgan fingerprint density at radius 1 is 1.46 bits per heavy atom. The molecule has 72 valence electrons. The molecule has 1 rings (SSSR count). The normalized spacial score (nSPS) is 11.6. The number of hydrogen-bond acceptors (Lipinski definition) is 2. The van der Waals surface area contributed by atoms with Crippen LogP contribution in [0.2, 0.25) is 5.02 Å². The number of primary sulfonamides is 1. The van der Waals surface area contributed by atoms with E-state index in [0.717, 1.165) is 5.56 Å². The van der Waals surface area contributed by atoms with Crippen LogP contribution in [0.1, 0.15) is 11.1 Å². The van der Waals surface area contributed by atoms with Crippen LogP contribution in [0.5, 0.6) is 0 Å². The molecule has 0 aliphatic heterocycles. The first-order valence-corrected chi connectivity index (χ1v) is 5.73. The zero-order chi connectivity index (χ0) is 10.1. The summed E-state index contributed by atoms with van der Waals surface area (Å²) in [5, 5.41) is 5.33. The van der Waals surface area contributed by atoms with E-state index < -0.39 is 10.0 Å². The summed E-state index contributed by atoms with van der Waals surface area (Å²) < 4.78 is 21.5. The van der Waals surface area contributed by atoms with Crippen LogP contribution < -0.4 is 5.14 Å². The second kappa shape index (κ2) is 3.65. The van der Waals surface area contributed by atoms with Gasteiger partial charge in [-0.05, 0) is 24.1 Å². The average molecular weight is 220 g/mol. The van der Waals surface area contributed by atoms with Gasteiger partial charge in [0.1, 0.15) is 0 Å². The summed E-state index contributed by atoms with van der Waals surface area (Å²) in [5.74, 6) is -0.216. The Morgan fingerprint density at radius 3 is 2.54 bits per heavy atom. The molecule has 0 radical (unpaired) electrons. The van der Waals surface area contributed by atoms with E-state index in [-0.39, 0.29) is 5.75 Å². The number of nitrogens with two attached hydrogens (primary N) is 1. The van der Waals surface area contributed by atoms with Crippen molar-refractivity contribution in [3.63, 3.8) is 0 Å². The lowest BCUT2D eigenvalue weighted by molar-refractivity contribution is 0.597. The van der Waals surface area contributed by atoms with Crippen molar-refractivity contribution in [2.24, 2.45) is 5.14 Å². The predicted molar refractivity (Wildman–Crippen MR) is 53.0 cm³/mol. The van der Waals surface area contributed by atoms with Crippen molar-refractivity contribution in [2.45, 2.75) is 12.7 Å². The Morgan fingerprint density at radius 2 is 2.08 bits per heavy atom. The van der Waals surface area contributed by atoms with E-state index in [4.69, 9.17) is 16.7 Å². The van der Waals surface area contributed by atoms with Crippen LogP contribution in [0, 0.1) is 6.92 Å². The van der Waals surface area contributed by atoms with Gasteiger partial charge in [-0.15, -0.1) is 0 Å². The molecule has 0 saturated carbocycles. The first kappa shape index (κ1) is 10.5. The molecule has 0 heterocycles. The monoisotopic (exact) mass is 219 g/mol. The molecule has 0 atom stereocenters. The third-order valence-corrected chi connectivity index (χ3v) is 2.63. The van der Waals surface area contributed by atoms with Crippen LogP contribution in [0.3, 0.4) is 0 Å². The van der Waals surface area contributed by atoms with Gasteiger partial charge in [-0.3, -0.25) is 0 Å². The van der Waals surface area contributed by atoms with Gasteiger partial charge in [-0.2, -0.15) is 0 Å². The van der Waals surface area contributed by atoms with Crippen LogP contribution in [0.15, 0.2) is 18.2 Å². The summed E-state index contributed by atoms with van der Waals surface area (Å²) >= 11 is 5.82. The molecule has 2 N–H and O–H groups in total. The summed E-state index contributed by atoms with van der Waals surface area (Å²) in [6, 6.07) is 5.18. The van der Waals surface area contributed by atoms with Crippen LogP contribution in [-0.4, -0.2) is 8.42 Å². The summed E-state index contributed by atoms with van der Waals surface area (Å²) in [7, 11) is -3.50. The van der Waals surface area contributed by atoms with Gasteiger partial charge >= 0.3 is 0 Å². The molecule has 5 heteroatoms. The first-order valence-electron chi connectivity index (χ1n) is 3.64. The van der Waals surface area contributed by atoms with Gasteiger partial charge in [0.05, 0.1) is 5.75 Å². The molecule has 13 heavy (non-hydrogen) atoms. The molecule has 0 fully saturated rings. The maximum absolute atomic E-state index is 10.8. The number of rotatable bonds is 2. The largest absolute Gasteiger partial charge is 0.228 e. The number of halogens is 1. The van der Waals surface area contributed by atoms with Crippen molar-refractivity contribution in [3.8, 4) is 0 Å².